The van der Waals surface area contributed by atoms with E-state index in [1.807, 2.05) is 6.92 Å². The Morgan fingerprint density at radius 3 is 2.80 bits per heavy atom. The van der Waals surface area contributed by atoms with Gasteiger partial charge in [-0.1, -0.05) is 24.6 Å². The Balaban J connectivity index is 1.75. The van der Waals surface area contributed by atoms with Crippen LogP contribution in [0.5, 0.6) is 0 Å². The monoisotopic (exact) mass is 298 g/mol. The zero-order valence-corrected chi connectivity index (χ0v) is 11.8. The summed E-state index contributed by atoms with van der Waals surface area (Å²) in [6.45, 7) is 2.26. The lowest BCUT2D eigenvalue weighted by Gasteiger charge is -2.08. The molecule has 1 saturated carbocycles. The lowest BCUT2D eigenvalue weighted by Crippen LogP contribution is -2.29. The number of anilines is 1. The van der Waals surface area contributed by atoms with Crippen molar-refractivity contribution in [3.63, 3.8) is 0 Å². The summed E-state index contributed by atoms with van der Waals surface area (Å²) in [6.07, 6.45) is 1.00. The zero-order chi connectivity index (χ0) is 14.7. The van der Waals surface area contributed by atoms with Gasteiger partial charge in [-0.05, 0) is 24.5 Å². The Labute approximate surface area is 121 Å². The molecule has 1 aliphatic carbocycles. The summed E-state index contributed by atoms with van der Waals surface area (Å²) in [7, 11) is 0. The van der Waals surface area contributed by atoms with E-state index in [-0.39, 0.29) is 41.4 Å². The lowest BCUT2D eigenvalue weighted by molar-refractivity contribution is -0.122. The maximum atomic E-state index is 13.6. The van der Waals surface area contributed by atoms with Crippen molar-refractivity contribution < 1.29 is 14.0 Å². The van der Waals surface area contributed by atoms with Gasteiger partial charge in [-0.25, -0.2) is 4.39 Å². The van der Waals surface area contributed by atoms with E-state index in [0.29, 0.717) is 5.92 Å². The van der Waals surface area contributed by atoms with E-state index >= 15 is 0 Å². The molecule has 0 aliphatic heterocycles. The van der Waals surface area contributed by atoms with E-state index in [1.165, 1.54) is 12.1 Å². The van der Waals surface area contributed by atoms with Crippen LogP contribution in [0.15, 0.2) is 18.2 Å². The first-order chi connectivity index (χ1) is 9.49. The van der Waals surface area contributed by atoms with Gasteiger partial charge in [0.05, 0.1) is 10.7 Å². The normalized spacial score (nSPS) is 20.4. The topological polar surface area (TPSA) is 58.2 Å². The highest BCUT2D eigenvalue weighted by Crippen LogP contribution is 2.37. The first kappa shape index (κ1) is 14.8. The highest BCUT2D eigenvalue weighted by Gasteiger charge is 2.38. The van der Waals surface area contributed by atoms with Crippen LogP contribution in [0.2, 0.25) is 5.02 Å². The minimum absolute atomic E-state index is 0.0146. The van der Waals surface area contributed by atoms with E-state index in [2.05, 4.69) is 10.6 Å². The highest BCUT2D eigenvalue weighted by atomic mass is 35.5. The minimum atomic E-state index is -0.654. The number of carbonyl (C=O) groups excluding carboxylic acids is 2. The number of hydrogen-bond acceptors (Lipinski definition) is 2. The molecule has 2 atom stereocenters. The van der Waals surface area contributed by atoms with Gasteiger partial charge in [-0.2, -0.15) is 0 Å². The maximum absolute atomic E-state index is 13.6. The first-order valence-electron chi connectivity index (χ1n) is 6.50. The predicted octanol–water partition coefficient (Wildman–Crippen LogP) is 2.58. The van der Waals surface area contributed by atoms with Crippen LogP contribution in [0, 0.1) is 17.7 Å². The fraction of sp³-hybridized carbons (Fsp3) is 0.429. The quantitative estimate of drug-likeness (QED) is 0.878. The Kier molecular flexibility index (Phi) is 4.60. The molecule has 1 aromatic rings. The van der Waals surface area contributed by atoms with E-state index in [0.717, 1.165) is 6.42 Å². The number of benzene rings is 1. The van der Waals surface area contributed by atoms with E-state index in [1.54, 1.807) is 6.07 Å². The highest BCUT2D eigenvalue weighted by molar-refractivity contribution is 6.31. The van der Waals surface area contributed by atoms with Gasteiger partial charge >= 0.3 is 0 Å². The van der Waals surface area contributed by atoms with Gasteiger partial charge < -0.3 is 10.6 Å². The Morgan fingerprint density at radius 2 is 2.15 bits per heavy atom. The standard InChI is InChI=1S/C14H16ClFN2O2/c1-8-7-9(8)14(20)17-6-5-12(19)18-11-4-2-3-10(15)13(11)16/h2-4,8-9H,5-7H2,1H3,(H,17,20)(H,18,19)/t8-,9-/m1/s1. The molecular weight excluding hydrogens is 283 g/mol. The fourth-order valence-electron chi connectivity index (χ4n) is 1.93. The van der Waals surface area contributed by atoms with Crippen LogP contribution in [-0.2, 0) is 9.59 Å². The van der Waals surface area contributed by atoms with Gasteiger partial charge in [0.25, 0.3) is 0 Å². The molecule has 1 fully saturated rings. The van der Waals surface area contributed by atoms with Crippen molar-refractivity contribution in [2.45, 2.75) is 19.8 Å². The van der Waals surface area contributed by atoms with Crippen molar-refractivity contribution in [3.8, 4) is 0 Å². The number of nitrogens with one attached hydrogen (secondary N) is 2. The minimum Gasteiger partial charge on any atom is -0.355 e. The summed E-state index contributed by atoms with van der Waals surface area (Å²) in [5, 5.41) is 5.08. The number of carbonyl (C=O) groups is 2. The number of rotatable bonds is 5. The van der Waals surface area contributed by atoms with Gasteiger partial charge in [-0.15, -0.1) is 0 Å². The Morgan fingerprint density at radius 1 is 1.45 bits per heavy atom. The smallest absolute Gasteiger partial charge is 0.226 e. The number of halogens is 2. The molecule has 2 rings (SSSR count). The second-order valence-electron chi connectivity index (χ2n) is 5.01. The summed E-state index contributed by atoms with van der Waals surface area (Å²) in [4.78, 5) is 23.2. The lowest BCUT2D eigenvalue weighted by atomic mass is 10.3. The van der Waals surface area contributed by atoms with Gasteiger partial charge in [0.15, 0.2) is 5.82 Å². The maximum Gasteiger partial charge on any atom is 0.226 e. The average molecular weight is 299 g/mol. The second-order valence-corrected chi connectivity index (χ2v) is 5.42. The van der Waals surface area contributed by atoms with Gasteiger partial charge in [0.2, 0.25) is 11.8 Å². The Hall–Kier alpha value is -1.62. The van der Waals surface area contributed by atoms with Crippen LogP contribution in [0.1, 0.15) is 19.8 Å². The van der Waals surface area contributed by atoms with Crippen molar-refractivity contribution in [1.29, 1.82) is 0 Å². The molecule has 0 spiro atoms. The largest absolute Gasteiger partial charge is 0.355 e. The van der Waals surface area contributed by atoms with Crippen LogP contribution < -0.4 is 10.6 Å². The fourth-order valence-corrected chi connectivity index (χ4v) is 2.11. The van der Waals surface area contributed by atoms with Crippen LogP contribution in [-0.4, -0.2) is 18.4 Å². The summed E-state index contributed by atoms with van der Waals surface area (Å²) in [5.41, 5.74) is 0.0460. The molecule has 2 amide bonds. The molecule has 1 aliphatic rings. The number of hydrogen-bond donors (Lipinski definition) is 2. The van der Waals surface area contributed by atoms with Crippen molar-refractivity contribution in [3.05, 3.63) is 29.0 Å². The van der Waals surface area contributed by atoms with Crippen LogP contribution in [0.3, 0.4) is 0 Å². The molecule has 0 bridgehead atoms. The first-order valence-corrected chi connectivity index (χ1v) is 6.88. The molecule has 4 nitrogen and oxygen atoms in total. The SMILES string of the molecule is C[C@@H]1C[C@H]1C(=O)NCCC(=O)Nc1cccc(Cl)c1F. The predicted molar refractivity (Wildman–Crippen MR) is 74.9 cm³/mol. The molecule has 0 saturated heterocycles. The van der Waals surface area contributed by atoms with E-state index in [4.69, 9.17) is 11.6 Å². The van der Waals surface area contributed by atoms with Crippen molar-refractivity contribution >= 4 is 29.1 Å². The van der Waals surface area contributed by atoms with Crippen LogP contribution >= 0.6 is 11.6 Å². The molecule has 0 aromatic heterocycles. The van der Waals surface area contributed by atoms with Gasteiger partial charge in [0.1, 0.15) is 0 Å². The van der Waals surface area contributed by atoms with E-state index in [9.17, 15) is 14.0 Å². The zero-order valence-electron chi connectivity index (χ0n) is 11.1. The van der Waals surface area contributed by atoms with Crippen LogP contribution in [0.4, 0.5) is 10.1 Å². The van der Waals surface area contributed by atoms with Gasteiger partial charge in [-0.3, -0.25) is 9.59 Å². The van der Waals surface area contributed by atoms with E-state index < -0.39 is 5.82 Å². The molecule has 20 heavy (non-hydrogen) atoms. The molecule has 0 heterocycles. The molecular formula is C14H16ClFN2O2. The second kappa shape index (κ2) is 6.22. The molecule has 0 radical (unpaired) electrons. The molecule has 6 heteroatoms. The molecule has 1 aromatic carbocycles. The summed E-state index contributed by atoms with van der Waals surface area (Å²) >= 11 is 5.62. The molecule has 108 valence electrons. The van der Waals surface area contributed by atoms with Crippen molar-refractivity contribution in [2.75, 3.05) is 11.9 Å². The average Bonchev–Trinajstić information content (AvgIpc) is 3.12. The van der Waals surface area contributed by atoms with Crippen molar-refractivity contribution in [2.24, 2.45) is 11.8 Å². The van der Waals surface area contributed by atoms with Gasteiger partial charge in [0, 0.05) is 18.9 Å². The third-order valence-corrected chi connectivity index (χ3v) is 3.62. The summed E-state index contributed by atoms with van der Waals surface area (Å²) < 4.78 is 13.6. The Bertz CT molecular complexity index is 536. The van der Waals surface area contributed by atoms with Crippen LogP contribution in [0.25, 0.3) is 0 Å². The third kappa shape index (κ3) is 3.70. The van der Waals surface area contributed by atoms with Crippen molar-refractivity contribution in [1.82, 2.24) is 5.32 Å². The molecule has 2 N–H and O–H groups in total. The number of amides is 2. The molecule has 0 unspecified atom stereocenters. The third-order valence-electron chi connectivity index (χ3n) is 3.32. The summed E-state index contributed by atoms with van der Waals surface area (Å²) in [5.74, 6) is -0.513. The summed E-state index contributed by atoms with van der Waals surface area (Å²) in [6, 6.07) is 4.39.